The summed E-state index contributed by atoms with van der Waals surface area (Å²) in [5, 5.41) is 0. The van der Waals surface area contributed by atoms with Crippen LogP contribution in [-0.2, 0) is 11.3 Å². The van der Waals surface area contributed by atoms with Crippen molar-refractivity contribution in [3.63, 3.8) is 0 Å². The van der Waals surface area contributed by atoms with Gasteiger partial charge in [0.1, 0.15) is 5.78 Å². The van der Waals surface area contributed by atoms with Crippen LogP contribution in [0.4, 0.5) is 5.95 Å². The summed E-state index contributed by atoms with van der Waals surface area (Å²) in [5.41, 5.74) is 1.05. The third-order valence-corrected chi connectivity index (χ3v) is 4.05. The van der Waals surface area contributed by atoms with Gasteiger partial charge in [0, 0.05) is 44.0 Å². The zero-order valence-corrected chi connectivity index (χ0v) is 13.4. The Morgan fingerprint density at radius 2 is 1.95 bits per heavy atom. The van der Waals surface area contributed by atoms with E-state index in [0.29, 0.717) is 19.5 Å². The van der Waals surface area contributed by atoms with Gasteiger partial charge in [0.05, 0.1) is 6.54 Å². The van der Waals surface area contributed by atoms with Gasteiger partial charge in [0.2, 0.25) is 5.95 Å². The van der Waals surface area contributed by atoms with E-state index in [2.05, 4.69) is 21.8 Å². The van der Waals surface area contributed by atoms with Gasteiger partial charge < -0.3 is 4.90 Å². The van der Waals surface area contributed by atoms with Gasteiger partial charge in [0.25, 0.3) is 0 Å². The van der Waals surface area contributed by atoms with E-state index < -0.39 is 0 Å². The number of likely N-dealkylation sites (N-methyl/N-ethyl adjacent to an activating group) is 1. The summed E-state index contributed by atoms with van der Waals surface area (Å²) in [6.07, 6.45) is 6.79. The molecular weight excluding hydrogens is 264 g/mol. The summed E-state index contributed by atoms with van der Waals surface area (Å²) in [7, 11) is 1.95. The molecule has 0 N–H and O–H groups in total. The molecule has 5 heteroatoms. The molecule has 1 aliphatic rings. The standard InChI is InChI=1S/C16H26N4O/c1-4-15(21)12-19(3)11-14-9-17-16(18-10-14)20-7-5-13(2)6-8-20/h9-10,13H,4-8,11-12H2,1-3H3. The van der Waals surface area contributed by atoms with Crippen molar-refractivity contribution in [1.29, 1.82) is 0 Å². The molecule has 5 nitrogen and oxygen atoms in total. The maximum absolute atomic E-state index is 11.4. The van der Waals surface area contributed by atoms with Crippen LogP contribution in [0.1, 0.15) is 38.7 Å². The van der Waals surface area contributed by atoms with E-state index in [4.69, 9.17) is 0 Å². The van der Waals surface area contributed by atoms with Crippen LogP contribution >= 0.6 is 0 Å². The van der Waals surface area contributed by atoms with Crippen molar-refractivity contribution in [1.82, 2.24) is 14.9 Å². The molecule has 0 atom stereocenters. The largest absolute Gasteiger partial charge is 0.341 e. The number of aromatic nitrogens is 2. The van der Waals surface area contributed by atoms with Crippen LogP contribution in [0.2, 0.25) is 0 Å². The fraction of sp³-hybridized carbons (Fsp3) is 0.688. The molecule has 0 unspecified atom stereocenters. The number of anilines is 1. The van der Waals surface area contributed by atoms with E-state index >= 15 is 0 Å². The SMILES string of the molecule is CCC(=O)CN(C)Cc1cnc(N2CCC(C)CC2)nc1. The maximum atomic E-state index is 11.4. The van der Waals surface area contributed by atoms with Crippen LogP contribution < -0.4 is 4.90 Å². The fourth-order valence-electron chi connectivity index (χ4n) is 2.58. The maximum Gasteiger partial charge on any atom is 0.225 e. The molecule has 0 radical (unpaired) electrons. The topological polar surface area (TPSA) is 49.3 Å². The Labute approximate surface area is 127 Å². The van der Waals surface area contributed by atoms with E-state index in [0.717, 1.165) is 30.5 Å². The summed E-state index contributed by atoms with van der Waals surface area (Å²) in [6, 6.07) is 0. The second-order valence-electron chi connectivity index (χ2n) is 6.13. The predicted octanol–water partition coefficient (Wildman–Crippen LogP) is 2.12. The Bertz CT molecular complexity index is 452. The third kappa shape index (κ3) is 4.77. The molecule has 0 amide bonds. The van der Waals surface area contributed by atoms with Gasteiger partial charge >= 0.3 is 0 Å². The molecule has 0 aliphatic carbocycles. The zero-order chi connectivity index (χ0) is 15.2. The lowest BCUT2D eigenvalue weighted by atomic mass is 10.00. The third-order valence-electron chi connectivity index (χ3n) is 4.05. The number of rotatable bonds is 6. The van der Waals surface area contributed by atoms with Crippen LogP contribution in [0.3, 0.4) is 0 Å². The van der Waals surface area contributed by atoms with E-state index in [9.17, 15) is 4.79 Å². The summed E-state index contributed by atoms with van der Waals surface area (Å²) in [4.78, 5) is 24.7. The van der Waals surface area contributed by atoms with Crippen LogP contribution in [0.25, 0.3) is 0 Å². The number of hydrogen-bond donors (Lipinski definition) is 0. The van der Waals surface area contributed by atoms with Crippen molar-refractivity contribution in [2.75, 3.05) is 31.6 Å². The molecule has 116 valence electrons. The molecule has 2 heterocycles. The lowest BCUT2D eigenvalue weighted by molar-refractivity contribution is -0.119. The predicted molar refractivity (Wildman–Crippen MR) is 84.3 cm³/mol. The Balaban J connectivity index is 1.88. The lowest BCUT2D eigenvalue weighted by Gasteiger charge is -2.30. The fourth-order valence-corrected chi connectivity index (χ4v) is 2.58. The average molecular weight is 290 g/mol. The lowest BCUT2D eigenvalue weighted by Crippen LogP contribution is -2.34. The van der Waals surface area contributed by atoms with E-state index in [1.54, 1.807) is 0 Å². The summed E-state index contributed by atoms with van der Waals surface area (Å²) >= 11 is 0. The van der Waals surface area contributed by atoms with Crippen LogP contribution in [-0.4, -0.2) is 47.3 Å². The normalized spacial score (nSPS) is 16.5. The van der Waals surface area contributed by atoms with Crippen molar-refractivity contribution >= 4 is 11.7 Å². The summed E-state index contributed by atoms with van der Waals surface area (Å²) < 4.78 is 0. The van der Waals surface area contributed by atoms with Crippen molar-refractivity contribution in [2.45, 2.75) is 39.7 Å². The molecule has 1 fully saturated rings. The van der Waals surface area contributed by atoms with Gasteiger partial charge in [0.15, 0.2) is 0 Å². The van der Waals surface area contributed by atoms with E-state index in [-0.39, 0.29) is 5.78 Å². The number of carbonyl (C=O) groups is 1. The molecule has 1 aliphatic heterocycles. The Morgan fingerprint density at radius 1 is 1.33 bits per heavy atom. The molecule has 0 saturated carbocycles. The minimum absolute atomic E-state index is 0.262. The van der Waals surface area contributed by atoms with Crippen LogP contribution in [0, 0.1) is 5.92 Å². The first-order valence-corrected chi connectivity index (χ1v) is 7.84. The Hall–Kier alpha value is -1.49. The zero-order valence-electron chi connectivity index (χ0n) is 13.4. The first-order valence-electron chi connectivity index (χ1n) is 7.84. The molecule has 1 aromatic rings. The minimum Gasteiger partial charge on any atom is -0.341 e. The van der Waals surface area contributed by atoms with Crippen LogP contribution in [0.5, 0.6) is 0 Å². The van der Waals surface area contributed by atoms with Crippen molar-refractivity contribution in [3.8, 4) is 0 Å². The van der Waals surface area contributed by atoms with Gasteiger partial charge in [-0.25, -0.2) is 9.97 Å². The van der Waals surface area contributed by atoms with Gasteiger partial charge in [-0.2, -0.15) is 0 Å². The number of carbonyl (C=O) groups excluding carboxylic acids is 1. The Morgan fingerprint density at radius 3 is 2.52 bits per heavy atom. The summed E-state index contributed by atoms with van der Waals surface area (Å²) in [5.74, 6) is 1.90. The molecule has 0 bridgehead atoms. The van der Waals surface area contributed by atoms with Gasteiger partial charge in [-0.15, -0.1) is 0 Å². The number of ketones is 1. The number of hydrogen-bond acceptors (Lipinski definition) is 5. The second-order valence-corrected chi connectivity index (χ2v) is 6.13. The number of Topliss-reactive ketones (excluding diaryl/α,β-unsaturated/α-hetero) is 1. The first-order chi connectivity index (χ1) is 10.1. The number of piperidine rings is 1. The monoisotopic (exact) mass is 290 g/mol. The highest BCUT2D eigenvalue weighted by atomic mass is 16.1. The molecule has 2 rings (SSSR count). The highest BCUT2D eigenvalue weighted by Gasteiger charge is 2.17. The molecular formula is C16H26N4O. The Kier molecular flexibility index (Phi) is 5.67. The highest BCUT2D eigenvalue weighted by molar-refractivity contribution is 5.80. The average Bonchev–Trinajstić information content (AvgIpc) is 2.48. The molecule has 21 heavy (non-hydrogen) atoms. The second kappa shape index (κ2) is 7.50. The molecule has 0 spiro atoms. The van der Waals surface area contributed by atoms with Gasteiger partial charge in [-0.3, -0.25) is 9.69 Å². The van der Waals surface area contributed by atoms with Gasteiger partial charge in [-0.05, 0) is 25.8 Å². The molecule has 1 aromatic heterocycles. The van der Waals surface area contributed by atoms with Crippen molar-refractivity contribution in [3.05, 3.63) is 18.0 Å². The summed E-state index contributed by atoms with van der Waals surface area (Å²) in [6.45, 7) is 7.49. The van der Waals surface area contributed by atoms with Crippen molar-refractivity contribution in [2.24, 2.45) is 5.92 Å². The number of nitrogens with zero attached hydrogens (tertiary/aromatic N) is 4. The van der Waals surface area contributed by atoms with Gasteiger partial charge in [-0.1, -0.05) is 13.8 Å². The minimum atomic E-state index is 0.262. The van der Waals surface area contributed by atoms with E-state index in [1.165, 1.54) is 12.8 Å². The highest BCUT2D eigenvalue weighted by Crippen LogP contribution is 2.19. The quantitative estimate of drug-likeness (QED) is 0.803. The molecule has 0 aromatic carbocycles. The van der Waals surface area contributed by atoms with Crippen molar-refractivity contribution < 1.29 is 4.79 Å². The van der Waals surface area contributed by atoms with E-state index in [1.807, 2.05) is 31.3 Å². The molecule has 1 saturated heterocycles. The first kappa shape index (κ1) is 15.9. The van der Waals surface area contributed by atoms with Crippen LogP contribution in [0.15, 0.2) is 12.4 Å². The smallest absolute Gasteiger partial charge is 0.225 e.